The predicted octanol–water partition coefficient (Wildman–Crippen LogP) is 7.58. The number of halogens is 8. The average Bonchev–Trinajstić information content (AvgIpc) is 3.87. The maximum absolute atomic E-state index is 12.6. The van der Waals surface area contributed by atoms with Crippen LogP contribution in [0.5, 0.6) is 0 Å². The van der Waals surface area contributed by atoms with E-state index < -0.39 is 34.5 Å². The molecular formula is C28H22Cl2F6N10O2. The molecule has 48 heavy (non-hydrogen) atoms. The molecule has 4 heterocycles. The van der Waals surface area contributed by atoms with Gasteiger partial charge in [-0.2, -0.15) is 26.3 Å². The van der Waals surface area contributed by atoms with Crippen LogP contribution in [0.1, 0.15) is 11.1 Å². The lowest BCUT2D eigenvalue weighted by molar-refractivity contribution is -0.138. The lowest BCUT2D eigenvalue weighted by atomic mass is 10.2. The molecule has 0 spiro atoms. The van der Waals surface area contributed by atoms with Gasteiger partial charge in [0.05, 0.1) is 27.5 Å². The van der Waals surface area contributed by atoms with Crippen molar-refractivity contribution in [2.45, 2.75) is 12.4 Å². The molecule has 252 valence electrons. The van der Waals surface area contributed by atoms with Gasteiger partial charge in [0.25, 0.3) is 0 Å². The summed E-state index contributed by atoms with van der Waals surface area (Å²) in [5.74, 6) is 0. The molecule has 0 aliphatic carbocycles. The van der Waals surface area contributed by atoms with Crippen LogP contribution in [-0.2, 0) is 12.4 Å². The standard InChI is InChI=1S/C11H7ClF3N3O.C7H5ClF3N.C7H6N4O.C3H4N2/c12-9-2-1-7(5-8(9)11(13,14)15)17-10(19)18-4-3-16-6-18;8-6-2-1-4(12)3-5(6)7(9,10)11;12-7(10-3-1-8-5-10)11-4-2-9-6-11;1-2-5-3-4-1/h1-6H,(H,17,19);1-3H,12H2;1-6H;1-3H,(H,4,5). The molecule has 0 atom stereocenters. The number of benzene rings is 2. The van der Waals surface area contributed by atoms with E-state index >= 15 is 0 Å². The van der Waals surface area contributed by atoms with E-state index in [0.717, 1.165) is 28.8 Å². The van der Waals surface area contributed by atoms with Crippen LogP contribution in [-0.4, -0.2) is 50.7 Å². The molecule has 1 amide bonds. The van der Waals surface area contributed by atoms with E-state index in [1.807, 2.05) is 0 Å². The summed E-state index contributed by atoms with van der Waals surface area (Å²) < 4.78 is 78.0. The van der Waals surface area contributed by atoms with Gasteiger partial charge in [0.1, 0.15) is 19.0 Å². The monoisotopic (exact) mass is 714 g/mol. The molecule has 0 radical (unpaired) electrons. The molecule has 0 unspecified atom stereocenters. The molecule has 4 aromatic heterocycles. The van der Waals surface area contributed by atoms with Gasteiger partial charge in [-0.3, -0.25) is 13.7 Å². The van der Waals surface area contributed by atoms with Gasteiger partial charge in [0, 0.05) is 60.9 Å². The van der Waals surface area contributed by atoms with Crippen LogP contribution >= 0.6 is 23.2 Å². The van der Waals surface area contributed by atoms with Crippen LogP contribution in [0.15, 0.2) is 111 Å². The van der Waals surface area contributed by atoms with Gasteiger partial charge in [-0.1, -0.05) is 23.2 Å². The summed E-state index contributed by atoms with van der Waals surface area (Å²) in [5.41, 5.74) is 3.31. The van der Waals surface area contributed by atoms with Gasteiger partial charge in [-0.15, -0.1) is 0 Å². The van der Waals surface area contributed by atoms with E-state index in [9.17, 15) is 35.9 Å². The van der Waals surface area contributed by atoms with Crippen LogP contribution in [0.4, 0.5) is 47.3 Å². The van der Waals surface area contributed by atoms with Crippen LogP contribution in [0.25, 0.3) is 0 Å². The van der Waals surface area contributed by atoms with Crippen LogP contribution < -0.4 is 11.1 Å². The Hall–Kier alpha value is -5.62. The predicted molar refractivity (Wildman–Crippen MR) is 163 cm³/mol. The molecule has 0 saturated heterocycles. The Kier molecular flexibility index (Phi) is 12.9. The number of hydrogen-bond donors (Lipinski definition) is 3. The SMILES string of the molecule is Nc1ccc(Cl)c(C(F)(F)F)c1.O=C(Nc1ccc(Cl)c(C(F)(F)F)c1)n1ccnc1.O=C(n1ccnc1)n1ccnc1.c1c[nH]cn1. The maximum Gasteiger partial charge on any atom is 0.417 e. The zero-order valence-electron chi connectivity index (χ0n) is 23.9. The number of alkyl halides is 6. The highest BCUT2D eigenvalue weighted by Crippen LogP contribution is 2.36. The zero-order valence-corrected chi connectivity index (χ0v) is 25.5. The largest absolute Gasteiger partial charge is 0.417 e. The molecule has 0 saturated carbocycles. The number of aromatic amines is 1. The molecule has 6 aromatic rings. The average molecular weight is 715 g/mol. The van der Waals surface area contributed by atoms with Crippen molar-refractivity contribution in [2.24, 2.45) is 0 Å². The molecule has 2 aromatic carbocycles. The molecule has 6 rings (SSSR count). The Labute approximate surface area is 276 Å². The molecule has 0 bridgehead atoms. The lowest BCUT2D eigenvalue weighted by Crippen LogP contribution is -2.18. The fourth-order valence-electron chi connectivity index (χ4n) is 3.24. The third kappa shape index (κ3) is 11.3. The third-order valence-electron chi connectivity index (χ3n) is 5.41. The second kappa shape index (κ2) is 16.8. The lowest BCUT2D eigenvalue weighted by Gasteiger charge is -2.11. The summed E-state index contributed by atoms with van der Waals surface area (Å²) in [5, 5.41) is 1.55. The van der Waals surface area contributed by atoms with Gasteiger partial charge in [0.2, 0.25) is 0 Å². The summed E-state index contributed by atoms with van der Waals surface area (Å²) in [6, 6.07) is 5.58. The van der Waals surface area contributed by atoms with Crippen molar-refractivity contribution in [3.05, 3.63) is 132 Å². The number of anilines is 2. The van der Waals surface area contributed by atoms with Crippen molar-refractivity contribution in [3.8, 4) is 0 Å². The van der Waals surface area contributed by atoms with Gasteiger partial charge < -0.3 is 16.0 Å². The minimum Gasteiger partial charge on any atom is -0.399 e. The Morgan fingerprint density at radius 2 is 1.21 bits per heavy atom. The highest BCUT2D eigenvalue weighted by molar-refractivity contribution is 6.31. The first-order chi connectivity index (χ1) is 22.7. The number of nitrogen functional groups attached to an aromatic ring is 1. The van der Waals surface area contributed by atoms with E-state index in [1.54, 1.807) is 43.5 Å². The summed E-state index contributed by atoms with van der Waals surface area (Å²) in [7, 11) is 0. The quantitative estimate of drug-likeness (QED) is 0.117. The number of nitrogens with two attached hydrogens (primary N) is 1. The molecule has 12 nitrogen and oxygen atoms in total. The maximum atomic E-state index is 12.6. The Morgan fingerprint density at radius 1 is 0.708 bits per heavy atom. The minimum absolute atomic E-state index is 0.00424. The smallest absolute Gasteiger partial charge is 0.399 e. The number of H-pyrrole nitrogens is 1. The number of amides is 1. The van der Waals surface area contributed by atoms with Gasteiger partial charge in [0.15, 0.2) is 0 Å². The second-order valence-corrected chi connectivity index (χ2v) is 9.63. The fraction of sp³-hybridized carbons (Fsp3) is 0.0714. The van der Waals surface area contributed by atoms with Crippen LogP contribution in [0, 0.1) is 0 Å². The minimum atomic E-state index is -4.58. The van der Waals surface area contributed by atoms with Crippen molar-refractivity contribution >= 4 is 46.6 Å². The molecule has 0 fully saturated rings. The summed E-state index contributed by atoms with van der Waals surface area (Å²) in [6.45, 7) is 0. The molecule has 0 aliphatic rings. The number of imidazole rings is 4. The first kappa shape index (κ1) is 36.8. The number of nitrogens with one attached hydrogen (secondary N) is 2. The van der Waals surface area contributed by atoms with Crippen molar-refractivity contribution in [1.82, 2.24) is 38.6 Å². The number of aromatic nitrogens is 8. The van der Waals surface area contributed by atoms with E-state index in [4.69, 9.17) is 28.9 Å². The van der Waals surface area contributed by atoms with Crippen molar-refractivity contribution in [1.29, 1.82) is 0 Å². The van der Waals surface area contributed by atoms with Crippen molar-refractivity contribution < 1.29 is 35.9 Å². The zero-order chi connectivity index (χ0) is 35.3. The Morgan fingerprint density at radius 3 is 1.60 bits per heavy atom. The molecular weight excluding hydrogens is 693 g/mol. The van der Waals surface area contributed by atoms with Crippen LogP contribution in [0.3, 0.4) is 0 Å². The third-order valence-corrected chi connectivity index (χ3v) is 6.07. The normalized spacial score (nSPS) is 10.8. The fourth-order valence-corrected chi connectivity index (χ4v) is 3.69. The molecule has 20 heteroatoms. The van der Waals surface area contributed by atoms with E-state index in [2.05, 4.69) is 30.2 Å². The van der Waals surface area contributed by atoms with Gasteiger partial charge in [-0.25, -0.2) is 29.5 Å². The first-order valence-corrected chi connectivity index (χ1v) is 13.6. The van der Waals surface area contributed by atoms with E-state index in [0.29, 0.717) is 0 Å². The van der Waals surface area contributed by atoms with Gasteiger partial charge in [-0.05, 0) is 36.4 Å². The summed E-state index contributed by atoms with van der Waals surface area (Å²) >= 11 is 10.8. The van der Waals surface area contributed by atoms with E-state index in [-0.39, 0.29) is 22.4 Å². The molecule has 0 aliphatic heterocycles. The number of carbonyl (C=O) groups excluding carboxylic acids is 2. The highest BCUT2D eigenvalue weighted by atomic mass is 35.5. The number of carbonyl (C=O) groups is 2. The van der Waals surface area contributed by atoms with E-state index in [1.165, 1.54) is 52.6 Å². The first-order valence-electron chi connectivity index (χ1n) is 12.9. The Balaban J connectivity index is 0.000000188. The van der Waals surface area contributed by atoms with Crippen molar-refractivity contribution in [2.75, 3.05) is 11.1 Å². The number of hydrogen-bond acceptors (Lipinski definition) is 7. The number of nitrogens with zero attached hydrogens (tertiary/aromatic N) is 7. The van der Waals surface area contributed by atoms with Crippen molar-refractivity contribution in [3.63, 3.8) is 0 Å². The topological polar surface area (TPSA) is 154 Å². The Bertz CT molecular complexity index is 1790. The van der Waals surface area contributed by atoms with Gasteiger partial charge >= 0.3 is 24.4 Å². The van der Waals surface area contributed by atoms with Crippen LogP contribution in [0.2, 0.25) is 10.0 Å². The summed E-state index contributed by atoms with van der Waals surface area (Å²) in [6.07, 6.45) is 9.21. The second-order valence-electron chi connectivity index (χ2n) is 8.81. The number of rotatable bonds is 1. The highest BCUT2D eigenvalue weighted by Gasteiger charge is 2.34. The molecule has 4 N–H and O–H groups in total. The summed E-state index contributed by atoms with van der Waals surface area (Å²) in [4.78, 5) is 40.6.